The van der Waals surface area contributed by atoms with Crippen LogP contribution in [0.15, 0.2) is 0 Å². The van der Waals surface area contributed by atoms with Gasteiger partial charge in [-0.2, -0.15) is 0 Å². The van der Waals surface area contributed by atoms with Gasteiger partial charge >= 0.3 is 0 Å². The van der Waals surface area contributed by atoms with Gasteiger partial charge in [-0.25, -0.2) is 8.78 Å². The fraction of sp³-hybridized carbons (Fsp3) is 1.00. The van der Waals surface area contributed by atoms with E-state index in [1.165, 1.54) is 0 Å². The molecular weight excluding hydrogens is 162 g/mol. The van der Waals surface area contributed by atoms with Crippen LogP contribution in [0.25, 0.3) is 0 Å². The molecule has 0 N–H and O–H groups in total. The number of rotatable bonds is 6. The highest BCUT2D eigenvalue weighted by atomic mass is 19.3. The van der Waals surface area contributed by atoms with Crippen molar-refractivity contribution in [2.75, 3.05) is 6.61 Å². The van der Waals surface area contributed by atoms with Gasteiger partial charge in [0.25, 0.3) is 6.43 Å². The van der Waals surface area contributed by atoms with Crippen LogP contribution in [0.4, 0.5) is 8.78 Å². The Hall–Kier alpha value is -0.180. The Morgan fingerprint density at radius 2 is 1.83 bits per heavy atom. The second kappa shape index (κ2) is 6.35. The molecule has 0 radical (unpaired) electrons. The van der Waals surface area contributed by atoms with Crippen molar-refractivity contribution in [3.05, 3.63) is 0 Å². The number of alkyl halides is 2. The number of ether oxygens (including phenoxy) is 1. The van der Waals surface area contributed by atoms with E-state index in [1.807, 2.05) is 6.92 Å². The highest BCUT2D eigenvalue weighted by molar-refractivity contribution is 4.58. The third kappa shape index (κ3) is 6.53. The molecule has 0 bridgehead atoms. The first-order chi connectivity index (χ1) is 5.56. The van der Waals surface area contributed by atoms with Crippen LogP contribution in [0.2, 0.25) is 0 Å². The van der Waals surface area contributed by atoms with E-state index in [9.17, 15) is 8.78 Å². The van der Waals surface area contributed by atoms with Gasteiger partial charge in [0.15, 0.2) is 0 Å². The summed E-state index contributed by atoms with van der Waals surface area (Å²) in [6.45, 7) is 5.66. The van der Waals surface area contributed by atoms with Crippen molar-refractivity contribution < 1.29 is 13.5 Å². The summed E-state index contributed by atoms with van der Waals surface area (Å²) in [7, 11) is 0. The lowest BCUT2D eigenvalue weighted by molar-refractivity contribution is -0.0321. The first-order valence-corrected chi connectivity index (χ1v) is 4.46. The zero-order valence-corrected chi connectivity index (χ0v) is 8.02. The lowest BCUT2D eigenvalue weighted by Gasteiger charge is -2.17. The van der Waals surface area contributed by atoms with Crippen molar-refractivity contribution in [2.45, 2.75) is 46.1 Å². The standard InChI is InChI=1S/C9H18F2O/c1-4-8(5-7(2)3)12-6-9(10)11/h7-9H,4-6H2,1-3H3. The van der Waals surface area contributed by atoms with Crippen molar-refractivity contribution in [1.29, 1.82) is 0 Å². The maximum atomic E-state index is 11.7. The lowest BCUT2D eigenvalue weighted by atomic mass is 10.0. The minimum atomic E-state index is -2.34. The molecule has 1 atom stereocenters. The molecule has 0 heterocycles. The zero-order chi connectivity index (χ0) is 9.56. The Labute approximate surface area is 73.1 Å². The Balaban J connectivity index is 3.53. The third-order valence-corrected chi connectivity index (χ3v) is 1.65. The van der Waals surface area contributed by atoms with E-state index in [2.05, 4.69) is 13.8 Å². The molecule has 0 saturated heterocycles. The summed E-state index contributed by atoms with van der Waals surface area (Å²) in [5.74, 6) is 0.507. The molecule has 3 heteroatoms. The summed E-state index contributed by atoms with van der Waals surface area (Å²) >= 11 is 0. The molecule has 0 aliphatic rings. The Morgan fingerprint density at radius 3 is 2.17 bits per heavy atom. The van der Waals surface area contributed by atoms with Crippen LogP contribution in [-0.2, 0) is 4.74 Å². The Bertz CT molecular complexity index is 105. The molecule has 0 aromatic rings. The van der Waals surface area contributed by atoms with Crippen LogP contribution in [-0.4, -0.2) is 19.1 Å². The van der Waals surface area contributed by atoms with Crippen molar-refractivity contribution >= 4 is 0 Å². The van der Waals surface area contributed by atoms with E-state index >= 15 is 0 Å². The van der Waals surface area contributed by atoms with Gasteiger partial charge in [-0.3, -0.25) is 0 Å². The van der Waals surface area contributed by atoms with Crippen LogP contribution < -0.4 is 0 Å². The molecule has 12 heavy (non-hydrogen) atoms. The first-order valence-electron chi connectivity index (χ1n) is 4.46. The van der Waals surface area contributed by atoms with Gasteiger partial charge in [-0.05, 0) is 18.8 Å². The van der Waals surface area contributed by atoms with Crippen LogP contribution >= 0.6 is 0 Å². The molecule has 0 spiro atoms. The lowest BCUT2D eigenvalue weighted by Crippen LogP contribution is -2.18. The maximum Gasteiger partial charge on any atom is 0.261 e. The van der Waals surface area contributed by atoms with Gasteiger partial charge in [0.2, 0.25) is 0 Å². The van der Waals surface area contributed by atoms with E-state index in [-0.39, 0.29) is 6.10 Å². The van der Waals surface area contributed by atoms with E-state index in [0.717, 1.165) is 12.8 Å². The van der Waals surface area contributed by atoms with Gasteiger partial charge in [-0.1, -0.05) is 20.8 Å². The summed E-state index contributed by atoms with van der Waals surface area (Å²) < 4.78 is 28.5. The average molecular weight is 180 g/mol. The number of hydrogen-bond acceptors (Lipinski definition) is 1. The van der Waals surface area contributed by atoms with Crippen molar-refractivity contribution in [3.63, 3.8) is 0 Å². The fourth-order valence-electron chi connectivity index (χ4n) is 1.09. The second-order valence-electron chi connectivity index (χ2n) is 3.38. The summed E-state index contributed by atoms with van der Waals surface area (Å²) in [4.78, 5) is 0. The van der Waals surface area contributed by atoms with E-state index < -0.39 is 13.0 Å². The largest absolute Gasteiger partial charge is 0.372 e. The molecule has 0 aliphatic heterocycles. The van der Waals surface area contributed by atoms with Crippen LogP contribution in [0.5, 0.6) is 0 Å². The molecule has 0 saturated carbocycles. The normalized spacial score (nSPS) is 14.2. The third-order valence-electron chi connectivity index (χ3n) is 1.65. The van der Waals surface area contributed by atoms with Crippen molar-refractivity contribution in [1.82, 2.24) is 0 Å². The van der Waals surface area contributed by atoms with Gasteiger partial charge in [0.1, 0.15) is 6.61 Å². The topological polar surface area (TPSA) is 9.23 Å². The molecule has 1 nitrogen and oxygen atoms in total. The number of halogens is 2. The molecule has 0 rings (SSSR count). The predicted octanol–water partition coefficient (Wildman–Crippen LogP) is 3.09. The summed E-state index contributed by atoms with van der Waals surface area (Å²) in [6.07, 6.45) is -0.668. The highest BCUT2D eigenvalue weighted by Gasteiger charge is 2.11. The highest BCUT2D eigenvalue weighted by Crippen LogP contribution is 2.12. The molecule has 74 valence electrons. The predicted molar refractivity (Wildman–Crippen MR) is 45.5 cm³/mol. The smallest absolute Gasteiger partial charge is 0.261 e. The average Bonchev–Trinajstić information content (AvgIpc) is 1.97. The molecule has 0 aliphatic carbocycles. The second-order valence-corrected chi connectivity index (χ2v) is 3.38. The molecule has 0 amide bonds. The maximum absolute atomic E-state index is 11.7. The van der Waals surface area contributed by atoms with E-state index in [0.29, 0.717) is 5.92 Å². The van der Waals surface area contributed by atoms with Gasteiger partial charge in [0.05, 0.1) is 6.10 Å². The molecule has 1 unspecified atom stereocenters. The molecule has 0 aromatic heterocycles. The summed E-state index contributed by atoms with van der Waals surface area (Å²) in [5.41, 5.74) is 0. The summed E-state index contributed by atoms with van der Waals surface area (Å²) in [5, 5.41) is 0. The van der Waals surface area contributed by atoms with Crippen LogP contribution in [0.1, 0.15) is 33.6 Å². The van der Waals surface area contributed by atoms with Crippen LogP contribution in [0.3, 0.4) is 0 Å². The molecular formula is C9H18F2O. The first kappa shape index (κ1) is 11.8. The zero-order valence-electron chi connectivity index (χ0n) is 8.02. The minimum absolute atomic E-state index is 0.000926. The Kier molecular flexibility index (Phi) is 6.25. The van der Waals surface area contributed by atoms with Crippen molar-refractivity contribution in [3.8, 4) is 0 Å². The van der Waals surface area contributed by atoms with Gasteiger partial charge in [0, 0.05) is 0 Å². The van der Waals surface area contributed by atoms with Gasteiger partial charge in [-0.15, -0.1) is 0 Å². The SMILES string of the molecule is CCC(CC(C)C)OCC(F)F. The van der Waals surface area contributed by atoms with E-state index in [1.54, 1.807) is 0 Å². The van der Waals surface area contributed by atoms with Gasteiger partial charge < -0.3 is 4.74 Å². The minimum Gasteiger partial charge on any atom is -0.372 e. The summed E-state index contributed by atoms with van der Waals surface area (Å²) in [6, 6.07) is 0. The van der Waals surface area contributed by atoms with Crippen molar-refractivity contribution in [2.24, 2.45) is 5.92 Å². The van der Waals surface area contributed by atoms with E-state index in [4.69, 9.17) is 4.74 Å². The molecule has 0 aromatic carbocycles. The van der Waals surface area contributed by atoms with Crippen LogP contribution in [0, 0.1) is 5.92 Å². The number of hydrogen-bond donors (Lipinski definition) is 0. The molecule has 0 fully saturated rings. The monoisotopic (exact) mass is 180 g/mol. The fourth-order valence-corrected chi connectivity index (χ4v) is 1.09. The quantitative estimate of drug-likeness (QED) is 0.610. The Morgan fingerprint density at radius 1 is 1.25 bits per heavy atom.